The van der Waals surface area contributed by atoms with Crippen LogP contribution in [-0.4, -0.2) is 34.8 Å². The highest BCUT2D eigenvalue weighted by Gasteiger charge is 2.15. The number of nitrogens with zero attached hydrogens (tertiary/aromatic N) is 1. The first-order chi connectivity index (χ1) is 14.5. The van der Waals surface area contributed by atoms with Crippen LogP contribution in [-0.2, 0) is 17.8 Å². The smallest absolute Gasteiger partial charge is 0.253 e. The van der Waals surface area contributed by atoms with Crippen molar-refractivity contribution < 1.29 is 4.74 Å². The van der Waals surface area contributed by atoms with Gasteiger partial charge in [0.25, 0.3) is 5.56 Å². The van der Waals surface area contributed by atoms with Gasteiger partial charge in [0.15, 0.2) is 5.11 Å². The number of nitrogens with one attached hydrogen (secondary N) is 2. The second kappa shape index (κ2) is 10.7. The molecule has 0 saturated carbocycles. The van der Waals surface area contributed by atoms with Crippen molar-refractivity contribution in [3.63, 3.8) is 0 Å². The van der Waals surface area contributed by atoms with Crippen molar-refractivity contribution in [2.75, 3.05) is 19.8 Å². The summed E-state index contributed by atoms with van der Waals surface area (Å²) in [5.41, 5.74) is 3.89. The number of aromatic amines is 1. The number of pyridine rings is 1. The molecule has 0 aliphatic carbocycles. The number of H-pyrrole nitrogens is 1. The molecule has 2 N–H and O–H groups in total. The van der Waals surface area contributed by atoms with Gasteiger partial charge in [0.2, 0.25) is 0 Å². The van der Waals surface area contributed by atoms with Crippen LogP contribution in [0.1, 0.15) is 34.9 Å². The summed E-state index contributed by atoms with van der Waals surface area (Å²) in [7, 11) is 0. The molecule has 0 fully saturated rings. The van der Waals surface area contributed by atoms with Gasteiger partial charge in [0, 0.05) is 35.7 Å². The van der Waals surface area contributed by atoms with Crippen LogP contribution in [0.5, 0.6) is 0 Å². The van der Waals surface area contributed by atoms with Crippen LogP contribution in [0.3, 0.4) is 0 Å². The molecule has 5 nitrogen and oxygen atoms in total. The molecule has 3 rings (SSSR count). The lowest BCUT2D eigenvalue weighted by Gasteiger charge is -2.25. The molecule has 2 aromatic heterocycles. The van der Waals surface area contributed by atoms with Crippen LogP contribution >= 0.6 is 23.6 Å². The largest absolute Gasteiger partial charge is 0.382 e. The number of thiophene rings is 1. The van der Waals surface area contributed by atoms with Gasteiger partial charge in [-0.3, -0.25) is 4.79 Å². The summed E-state index contributed by atoms with van der Waals surface area (Å²) in [4.78, 5) is 19.1. The predicted octanol–water partition coefficient (Wildman–Crippen LogP) is 4.51. The summed E-state index contributed by atoms with van der Waals surface area (Å²) < 4.78 is 5.39. The SMILES string of the molecule is CCOCCCNC(=S)N(Cc1cccs1)Cc1cc2cc(C)c(C)cc2[nH]c1=O. The minimum Gasteiger partial charge on any atom is -0.382 e. The van der Waals surface area contributed by atoms with E-state index >= 15 is 0 Å². The van der Waals surface area contributed by atoms with Crippen LogP contribution in [0.4, 0.5) is 0 Å². The van der Waals surface area contributed by atoms with Crippen molar-refractivity contribution in [3.8, 4) is 0 Å². The molecule has 2 heterocycles. The number of hydrogen-bond donors (Lipinski definition) is 2. The van der Waals surface area contributed by atoms with Crippen molar-refractivity contribution in [2.24, 2.45) is 0 Å². The maximum Gasteiger partial charge on any atom is 0.253 e. The number of aryl methyl sites for hydroxylation is 2. The first-order valence-corrected chi connectivity index (χ1v) is 11.5. The molecule has 0 spiro atoms. The van der Waals surface area contributed by atoms with E-state index in [0.717, 1.165) is 30.5 Å². The second-order valence-corrected chi connectivity index (χ2v) is 8.78. The summed E-state index contributed by atoms with van der Waals surface area (Å²) in [5.74, 6) is 0. The van der Waals surface area contributed by atoms with Crippen molar-refractivity contribution in [1.82, 2.24) is 15.2 Å². The number of fused-ring (bicyclic) bond motifs is 1. The Labute approximate surface area is 187 Å². The van der Waals surface area contributed by atoms with E-state index in [4.69, 9.17) is 17.0 Å². The van der Waals surface area contributed by atoms with Crippen molar-refractivity contribution >= 4 is 39.6 Å². The molecule has 1 aromatic carbocycles. The van der Waals surface area contributed by atoms with Gasteiger partial charge in [0.1, 0.15) is 0 Å². The van der Waals surface area contributed by atoms with Crippen molar-refractivity contribution in [2.45, 2.75) is 40.3 Å². The Morgan fingerprint density at radius 3 is 2.77 bits per heavy atom. The number of rotatable bonds is 9. The highest BCUT2D eigenvalue weighted by atomic mass is 32.1. The predicted molar refractivity (Wildman–Crippen MR) is 129 cm³/mol. The van der Waals surface area contributed by atoms with Gasteiger partial charge in [0.05, 0.1) is 13.1 Å². The summed E-state index contributed by atoms with van der Waals surface area (Å²) in [6, 6.07) is 10.3. The Bertz CT molecular complexity index is 1040. The fourth-order valence-corrected chi connectivity index (χ4v) is 4.21. The van der Waals surface area contributed by atoms with E-state index in [-0.39, 0.29) is 5.56 Å². The zero-order valence-electron chi connectivity index (χ0n) is 17.8. The number of thiocarbonyl (C=S) groups is 1. The normalized spacial score (nSPS) is 11.0. The van der Waals surface area contributed by atoms with Crippen LogP contribution in [0.25, 0.3) is 10.9 Å². The van der Waals surface area contributed by atoms with Gasteiger partial charge in [-0.05, 0) is 85.6 Å². The van der Waals surface area contributed by atoms with Crippen LogP contribution in [0.2, 0.25) is 0 Å². The molecule has 7 heteroatoms. The summed E-state index contributed by atoms with van der Waals surface area (Å²) in [6.45, 7) is 9.42. The summed E-state index contributed by atoms with van der Waals surface area (Å²) in [6.07, 6.45) is 0.885. The maximum atomic E-state index is 12.8. The van der Waals surface area contributed by atoms with E-state index in [0.29, 0.717) is 30.4 Å². The number of benzene rings is 1. The third-order valence-corrected chi connectivity index (χ3v) is 6.32. The number of hydrogen-bond acceptors (Lipinski definition) is 4. The third-order valence-electron chi connectivity index (χ3n) is 5.06. The van der Waals surface area contributed by atoms with Gasteiger partial charge < -0.3 is 19.9 Å². The van der Waals surface area contributed by atoms with Crippen LogP contribution in [0.15, 0.2) is 40.5 Å². The van der Waals surface area contributed by atoms with E-state index in [2.05, 4.69) is 46.6 Å². The minimum absolute atomic E-state index is 0.0684. The Hall–Kier alpha value is -2.22. The fraction of sp³-hybridized carbons (Fsp3) is 0.391. The molecule has 0 amide bonds. The Kier molecular flexibility index (Phi) is 8.01. The quantitative estimate of drug-likeness (QED) is 0.376. The molecule has 0 saturated heterocycles. The minimum atomic E-state index is -0.0684. The molecule has 0 atom stereocenters. The monoisotopic (exact) mass is 443 g/mol. The van der Waals surface area contributed by atoms with E-state index in [1.807, 2.05) is 25.1 Å². The molecular formula is C23H29N3O2S2. The van der Waals surface area contributed by atoms with E-state index in [1.165, 1.54) is 16.0 Å². The summed E-state index contributed by atoms with van der Waals surface area (Å²) >= 11 is 7.36. The topological polar surface area (TPSA) is 57.4 Å². The maximum absolute atomic E-state index is 12.8. The Balaban J connectivity index is 1.79. The highest BCUT2D eigenvalue weighted by Crippen LogP contribution is 2.19. The van der Waals surface area contributed by atoms with Gasteiger partial charge in [-0.2, -0.15) is 0 Å². The Morgan fingerprint density at radius 2 is 2.03 bits per heavy atom. The standard InChI is InChI=1S/C23H29N3O2S2/c1-4-28-9-6-8-24-23(29)26(15-20-7-5-10-30-20)14-19-13-18-11-16(2)17(3)12-21(18)25-22(19)27/h5,7,10-13H,4,6,8-9,14-15H2,1-3H3,(H,24,29)(H,25,27). The molecule has 3 aromatic rings. The van der Waals surface area contributed by atoms with Gasteiger partial charge in [-0.25, -0.2) is 0 Å². The lowest BCUT2D eigenvalue weighted by atomic mass is 10.0. The van der Waals surface area contributed by atoms with Crippen LogP contribution in [0, 0.1) is 13.8 Å². The van der Waals surface area contributed by atoms with E-state index in [1.54, 1.807) is 11.3 Å². The molecule has 0 unspecified atom stereocenters. The van der Waals surface area contributed by atoms with E-state index < -0.39 is 0 Å². The average Bonchev–Trinajstić information content (AvgIpc) is 3.22. The second-order valence-electron chi connectivity index (χ2n) is 7.37. The molecular weight excluding hydrogens is 414 g/mol. The molecule has 0 aliphatic rings. The fourth-order valence-electron chi connectivity index (χ4n) is 3.26. The lowest BCUT2D eigenvalue weighted by Crippen LogP contribution is -2.40. The van der Waals surface area contributed by atoms with Crippen LogP contribution < -0.4 is 10.9 Å². The molecule has 0 radical (unpaired) electrons. The number of aromatic nitrogens is 1. The van der Waals surface area contributed by atoms with Gasteiger partial charge in [-0.1, -0.05) is 6.07 Å². The molecule has 0 aliphatic heterocycles. The van der Waals surface area contributed by atoms with Crippen molar-refractivity contribution in [1.29, 1.82) is 0 Å². The first kappa shape index (κ1) is 22.5. The van der Waals surface area contributed by atoms with Gasteiger partial charge >= 0.3 is 0 Å². The lowest BCUT2D eigenvalue weighted by molar-refractivity contribution is 0.145. The molecule has 160 valence electrons. The third kappa shape index (κ3) is 5.90. The Morgan fingerprint density at radius 1 is 1.23 bits per heavy atom. The number of ether oxygens (including phenoxy) is 1. The molecule has 0 bridgehead atoms. The van der Waals surface area contributed by atoms with Crippen molar-refractivity contribution in [3.05, 3.63) is 67.6 Å². The first-order valence-electron chi connectivity index (χ1n) is 10.2. The highest BCUT2D eigenvalue weighted by molar-refractivity contribution is 7.80. The summed E-state index contributed by atoms with van der Waals surface area (Å²) in [5, 5.41) is 7.07. The zero-order valence-corrected chi connectivity index (χ0v) is 19.4. The van der Waals surface area contributed by atoms with E-state index in [9.17, 15) is 4.79 Å². The molecule has 30 heavy (non-hydrogen) atoms. The van der Waals surface area contributed by atoms with Gasteiger partial charge in [-0.15, -0.1) is 11.3 Å². The zero-order chi connectivity index (χ0) is 21.5. The average molecular weight is 444 g/mol.